The number of hydrogen-bond donors (Lipinski definition) is 3. The third-order valence-electron chi connectivity index (χ3n) is 2.03. The molecule has 0 aliphatic carbocycles. The lowest BCUT2D eigenvalue weighted by Gasteiger charge is -2.37. The van der Waals surface area contributed by atoms with E-state index in [2.05, 4.69) is 4.74 Å². The molecule has 5 atom stereocenters. The van der Waals surface area contributed by atoms with Gasteiger partial charge in [0.2, 0.25) is 0 Å². The van der Waals surface area contributed by atoms with Crippen LogP contribution in [0.3, 0.4) is 0 Å². The van der Waals surface area contributed by atoms with Crippen LogP contribution in [0.4, 0.5) is 4.39 Å². The molecule has 78 valence electrons. The molecule has 6 heteroatoms. The molecule has 1 saturated heterocycles. The van der Waals surface area contributed by atoms with Crippen molar-refractivity contribution in [3.05, 3.63) is 0 Å². The standard InChI is InChI=1S/C7H13FO5/c1-12-7-6(11)5(10)4(8)3(2-9)13-7/h3-7,9-11H,2H2,1H3/t3-,4+,5+,6-,7?/m1/s1/i8-1. The topological polar surface area (TPSA) is 79.2 Å². The lowest BCUT2D eigenvalue weighted by Crippen LogP contribution is -2.57. The third-order valence-corrected chi connectivity index (χ3v) is 2.03. The summed E-state index contributed by atoms with van der Waals surface area (Å²) >= 11 is 0. The van der Waals surface area contributed by atoms with E-state index in [1.54, 1.807) is 0 Å². The highest BCUT2D eigenvalue weighted by atomic mass is 18.2. The number of methoxy groups -OCH3 is 1. The smallest absolute Gasteiger partial charge is 0.186 e. The molecule has 13 heavy (non-hydrogen) atoms. The number of halogens is 1. The van der Waals surface area contributed by atoms with Gasteiger partial charge in [0.1, 0.15) is 18.3 Å². The highest BCUT2D eigenvalue weighted by Gasteiger charge is 2.44. The molecule has 1 heterocycles. The lowest BCUT2D eigenvalue weighted by molar-refractivity contribution is -0.283. The van der Waals surface area contributed by atoms with Gasteiger partial charge in [-0.05, 0) is 0 Å². The van der Waals surface area contributed by atoms with Crippen LogP contribution in [-0.4, -0.2) is 59.8 Å². The fraction of sp³-hybridized carbons (Fsp3) is 1.00. The van der Waals surface area contributed by atoms with Crippen molar-refractivity contribution in [1.29, 1.82) is 0 Å². The van der Waals surface area contributed by atoms with E-state index in [1.165, 1.54) is 7.11 Å². The molecule has 1 aliphatic rings. The lowest BCUT2D eigenvalue weighted by atomic mass is 10.0. The predicted molar refractivity (Wildman–Crippen MR) is 39.7 cm³/mol. The molecular formula is C7H13FO5. The van der Waals surface area contributed by atoms with Gasteiger partial charge in [-0.25, -0.2) is 4.39 Å². The Morgan fingerprint density at radius 2 is 2.00 bits per heavy atom. The molecule has 5 nitrogen and oxygen atoms in total. The first-order chi connectivity index (χ1) is 6.11. The van der Waals surface area contributed by atoms with Crippen LogP contribution >= 0.6 is 0 Å². The van der Waals surface area contributed by atoms with Crippen LogP contribution in [0, 0.1) is 0 Å². The summed E-state index contributed by atoms with van der Waals surface area (Å²) in [6.45, 7) is -0.565. The first kappa shape index (κ1) is 10.8. The maximum atomic E-state index is 13.1. The van der Waals surface area contributed by atoms with Gasteiger partial charge in [0.25, 0.3) is 0 Å². The molecular weight excluding hydrogens is 182 g/mol. The van der Waals surface area contributed by atoms with Crippen LogP contribution in [0.1, 0.15) is 0 Å². The summed E-state index contributed by atoms with van der Waals surface area (Å²) in [5.74, 6) is 0. The first-order valence-corrected chi connectivity index (χ1v) is 3.91. The van der Waals surface area contributed by atoms with Crippen LogP contribution in [0.15, 0.2) is 0 Å². The van der Waals surface area contributed by atoms with E-state index in [-0.39, 0.29) is 0 Å². The van der Waals surface area contributed by atoms with Crippen LogP contribution in [0.25, 0.3) is 0 Å². The minimum atomic E-state index is -1.80. The second kappa shape index (κ2) is 4.30. The van der Waals surface area contributed by atoms with Crippen LogP contribution in [-0.2, 0) is 9.47 Å². The summed E-state index contributed by atoms with van der Waals surface area (Å²) in [5, 5.41) is 27.0. The molecule has 0 saturated carbocycles. The monoisotopic (exact) mass is 195 g/mol. The predicted octanol–water partition coefficient (Wildman–Crippen LogP) is -1.59. The summed E-state index contributed by atoms with van der Waals surface area (Å²) in [6, 6.07) is 0. The minimum Gasteiger partial charge on any atom is -0.394 e. The second-order valence-electron chi connectivity index (χ2n) is 2.89. The average molecular weight is 195 g/mol. The molecule has 1 unspecified atom stereocenters. The van der Waals surface area contributed by atoms with E-state index in [0.717, 1.165) is 0 Å². The van der Waals surface area contributed by atoms with Crippen LogP contribution in [0.2, 0.25) is 0 Å². The fourth-order valence-electron chi connectivity index (χ4n) is 1.24. The molecule has 1 rings (SSSR count). The zero-order valence-corrected chi connectivity index (χ0v) is 7.13. The molecule has 1 fully saturated rings. The van der Waals surface area contributed by atoms with Crippen molar-refractivity contribution in [3.8, 4) is 0 Å². The summed E-state index contributed by atoms with van der Waals surface area (Å²) < 4.78 is 22.5. The molecule has 0 aromatic rings. The van der Waals surface area contributed by atoms with Gasteiger partial charge in [0, 0.05) is 7.11 Å². The van der Waals surface area contributed by atoms with Crippen molar-refractivity contribution in [3.63, 3.8) is 0 Å². The normalized spacial score (nSPS) is 46.4. The van der Waals surface area contributed by atoms with Gasteiger partial charge in [-0.3, -0.25) is 0 Å². The van der Waals surface area contributed by atoms with E-state index in [9.17, 15) is 9.50 Å². The van der Waals surface area contributed by atoms with Gasteiger partial charge in [-0.2, -0.15) is 0 Å². The Hall–Kier alpha value is -0.270. The van der Waals surface area contributed by atoms with Gasteiger partial charge in [0.15, 0.2) is 12.5 Å². The van der Waals surface area contributed by atoms with Crippen molar-refractivity contribution in [2.45, 2.75) is 30.8 Å². The quantitative estimate of drug-likeness (QED) is 0.495. The number of rotatable bonds is 2. The van der Waals surface area contributed by atoms with Crippen molar-refractivity contribution in [1.82, 2.24) is 0 Å². The van der Waals surface area contributed by atoms with E-state index in [1.807, 2.05) is 0 Å². The minimum absolute atomic E-state index is 0.565. The highest BCUT2D eigenvalue weighted by Crippen LogP contribution is 2.23. The van der Waals surface area contributed by atoms with Gasteiger partial charge in [-0.1, -0.05) is 0 Å². The fourth-order valence-corrected chi connectivity index (χ4v) is 1.24. The third kappa shape index (κ3) is 1.97. The zero-order valence-electron chi connectivity index (χ0n) is 7.13. The Balaban J connectivity index is 2.66. The number of aliphatic hydroxyl groups excluding tert-OH is 3. The number of aliphatic hydroxyl groups is 3. The Bertz CT molecular complexity index is 147. The van der Waals surface area contributed by atoms with Crippen molar-refractivity contribution < 1.29 is 29.2 Å². The molecule has 0 aromatic carbocycles. The Morgan fingerprint density at radius 1 is 1.38 bits per heavy atom. The Labute approximate surface area is 74.7 Å². The average Bonchev–Trinajstić information content (AvgIpc) is 2.15. The zero-order chi connectivity index (χ0) is 10.0. The molecule has 0 bridgehead atoms. The summed E-state index contributed by atoms with van der Waals surface area (Å²) in [5.41, 5.74) is 0. The number of ether oxygens (including phenoxy) is 2. The second-order valence-corrected chi connectivity index (χ2v) is 2.89. The number of alkyl halides is 1. The molecule has 0 radical (unpaired) electrons. The van der Waals surface area contributed by atoms with E-state index in [4.69, 9.17) is 14.9 Å². The van der Waals surface area contributed by atoms with Crippen molar-refractivity contribution in [2.75, 3.05) is 13.7 Å². The van der Waals surface area contributed by atoms with Crippen molar-refractivity contribution >= 4 is 0 Å². The van der Waals surface area contributed by atoms with Gasteiger partial charge < -0.3 is 24.8 Å². The van der Waals surface area contributed by atoms with E-state index < -0.39 is 37.4 Å². The largest absolute Gasteiger partial charge is 0.394 e. The van der Waals surface area contributed by atoms with Crippen LogP contribution < -0.4 is 0 Å². The van der Waals surface area contributed by atoms with Gasteiger partial charge >= 0.3 is 0 Å². The molecule has 0 spiro atoms. The first-order valence-electron chi connectivity index (χ1n) is 3.91. The number of hydrogen-bond acceptors (Lipinski definition) is 5. The van der Waals surface area contributed by atoms with E-state index in [0.29, 0.717) is 0 Å². The summed E-state index contributed by atoms with van der Waals surface area (Å²) in [6.07, 6.45) is -7.06. The van der Waals surface area contributed by atoms with E-state index >= 15 is 0 Å². The van der Waals surface area contributed by atoms with Gasteiger partial charge in [-0.15, -0.1) is 0 Å². The Morgan fingerprint density at radius 3 is 2.46 bits per heavy atom. The van der Waals surface area contributed by atoms with Crippen molar-refractivity contribution in [2.24, 2.45) is 0 Å². The SMILES string of the molecule is COC1O[C@H](CO)[C@H]([18F])[C@H](O)[C@H]1O. The summed E-state index contributed by atoms with van der Waals surface area (Å²) in [7, 11) is 1.26. The van der Waals surface area contributed by atoms with Crippen LogP contribution in [0.5, 0.6) is 0 Å². The molecule has 1 aliphatic heterocycles. The summed E-state index contributed by atoms with van der Waals surface area (Å²) in [4.78, 5) is 0. The molecule has 3 N–H and O–H groups in total. The highest BCUT2D eigenvalue weighted by molar-refractivity contribution is 4.88. The maximum Gasteiger partial charge on any atom is 0.186 e. The molecule has 0 aromatic heterocycles. The van der Waals surface area contributed by atoms with Gasteiger partial charge in [0.05, 0.1) is 6.61 Å². The molecule has 0 amide bonds. The maximum absolute atomic E-state index is 13.1. The Kier molecular flexibility index (Phi) is 3.57.